The summed E-state index contributed by atoms with van der Waals surface area (Å²) in [5.41, 5.74) is 0.890. The average molecular weight is 400 g/mol. The molecule has 2 aliphatic heterocycles. The van der Waals surface area contributed by atoms with Crippen LogP contribution in [0.4, 0.5) is 0 Å². The van der Waals surface area contributed by atoms with Gasteiger partial charge in [-0.25, -0.2) is 4.98 Å². The van der Waals surface area contributed by atoms with Crippen molar-refractivity contribution in [3.8, 4) is 0 Å². The summed E-state index contributed by atoms with van der Waals surface area (Å²) in [6, 6.07) is 3.69. The van der Waals surface area contributed by atoms with Gasteiger partial charge in [0, 0.05) is 63.4 Å². The zero-order valence-electron chi connectivity index (χ0n) is 17.6. The molecule has 1 spiro atoms. The van der Waals surface area contributed by atoms with Crippen molar-refractivity contribution in [3.63, 3.8) is 0 Å². The standard InChI is InChI=1S/C22H33N5O2/c1-18(2)15-25-11-12-29-22(16-25)5-9-27(10-6-22)21(28)20(26-7-3-4-8-26)13-19-14-23-17-24-19/h3-4,7-8,14,17-18,20H,5-6,9-13,15-16H2,1-2H3,(H,23,24). The largest absolute Gasteiger partial charge is 0.372 e. The maximum atomic E-state index is 13.4. The summed E-state index contributed by atoms with van der Waals surface area (Å²) < 4.78 is 8.28. The number of carbonyl (C=O) groups excluding carboxylic acids is 1. The maximum absolute atomic E-state index is 13.4. The van der Waals surface area contributed by atoms with Crippen molar-refractivity contribution < 1.29 is 9.53 Å². The fourth-order valence-corrected chi connectivity index (χ4v) is 4.72. The van der Waals surface area contributed by atoms with E-state index < -0.39 is 0 Å². The fourth-order valence-electron chi connectivity index (χ4n) is 4.72. The highest BCUT2D eigenvalue weighted by atomic mass is 16.5. The Hall–Kier alpha value is -2.12. The van der Waals surface area contributed by atoms with Crippen molar-refractivity contribution in [2.45, 2.75) is 44.8 Å². The summed E-state index contributed by atoms with van der Waals surface area (Å²) >= 11 is 0. The zero-order chi connectivity index (χ0) is 20.3. The highest BCUT2D eigenvalue weighted by Gasteiger charge is 2.41. The summed E-state index contributed by atoms with van der Waals surface area (Å²) in [7, 11) is 0. The predicted octanol–water partition coefficient (Wildman–Crippen LogP) is 2.34. The first-order chi connectivity index (χ1) is 14.0. The van der Waals surface area contributed by atoms with Gasteiger partial charge in [0.2, 0.25) is 5.91 Å². The number of amides is 1. The van der Waals surface area contributed by atoms with Crippen molar-refractivity contribution in [2.24, 2.45) is 5.92 Å². The number of ether oxygens (including phenoxy) is 1. The lowest BCUT2D eigenvalue weighted by Gasteiger charge is -2.48. The Labute approximate surface area is 173 Å². The lowest BCUT2D eigenvalue weighted by Crippen LogP contribution is -2.58. The van der Waals surface area contributed by atoms with Crippen molar-refractivity contribution in [3.05, 3.63) is 42.7 Å². The lowest BCUT2D eigenvalue weighted by molar-refractivity contribution is -0.153. The van der Waals surface area contributed by atoms with Crippen molar-refractivity contribution in [2.75, 3.05) is 39.3 Å². The van der Waals surface area contributed by atoms with Gasteiger partial charge >= 0.3 is 0 Å². The summed E-state index contributed by atoms with van der Waals surface area (Å²) in [5.74, 6) is 0.845. The zero-order valence-corrected chi connectivity index (χ0v) is 17.6. The second kappa shape index (κ2) is 8.71. The molecule has 0 bridgehead atoms. The normalized spacial score (nSPS) is 21.0. The maximum Gasteiger partial charge on any atom is 0.246 e. The first kappa shape index (κ1) is 20.2. The third-order valence-electron chi connectivity index (χ3n) is 6.18. The monoisotopic (exact) mass is 399 g/mol. The molecule has 1 amide bonds. The molecule has 1 N–H and O–H groups in total. The molecule has 158 valence electrons. The minimum Gasteiger partial charge on any atom is -0.372 e. The van der Waals surface area contributed by atoms with Crippen LogP contribution in [0.2, 0.25) is 0 Å². The SMILES string of the molecule is CC(C)CN1CCOC2(CCN(C(=O)C(Cc3cnc[nH]3)n3cccc3)CC2)C1. The Bertz CT molecular complexity index is 763. The summed E-state index contributed by atoms with van der Waals surface area (Å²) in [4.78, 5) is 25.2. The molecule has 7 nitrogen and oxygen atoms in total. The smallest absolute Gasteiger partial charge is 0.246 e. The van der Waals surface area contributed by atoms with Gasteiger partial charge in [-0.1, -0.05) is 13.8 Å². The molecule has 1 atom stereocenters. The Kier molecular flexibility index (Phi) is 6.06. The number of nitrogens with zero attached hydrogens (tertiary/aromatic N) is 4. The van der Waals surface area contributed by atoms with Crippen LogP contribution in [-0.2, 0) is 16.0 Å². The summed E-state index contributed by atoms with van der Waals surface area (Å²) in [5, 5.41) is 0. The number of nitrogens with one attached hydrogen (secondary N) is 1. The fraction of sp³-hybridized carbons (Fsp3) is 0.636. The molecule has 4 heterocycles. The van der Waals surface area contributed by atoms with E-state index in [0.29, 0.717) is 12.3 Å². The highest BCUT2D eigenvalue weighted by molar-refractivity contribution is 5.81. The third-order valence-corrected chi connectivity index (χ3v) is 6.18. The second-order valence-electron chi connectivity index (χ2n) is 8.91. The first-order valence-electron chi connectivity index (χ1n) is 10.8. The average Bonchev–Trinajstić information content (AvgIpc) is 3.40. The molecule has 0 radical (unpaired) electrons. The second-order valence-corrected chi connectivity index (χ2v) is 8.91. The Morgan fingerprint density at radius 2 is 2.00 bits per heavy atom. The molecule has 4 rings (SSSR count). The van der Waals surface area contributed by atoms with Crippen molar-refractivity contribution >= 4 is 5.91 Å². The molecular weight excluding hydrogens is 366 g/mol. The van der Waals surface area contributed by atoms with Gasteiger partial charge in [-0.05, 0) is 30.9 Å². The minimum atomic E-state index is -0.246. The number of H-pyrrole nitrogens is 1. The molecule has 0 saturated carbocycles. The van der Waals surface area contributed by atoms with E-state index in [2.05, 4.69) is 28.7 Å². The van der Waals surface area contributed by atoms with Gasteiger partial charge in [-0.2, -0.15) is 0 Å². The number of hydrogen-bond donors (Lipinski definition) is 1. The van der Waals surface area contributed by atoms with E-state index in [-0.39, 0.29) is 17.6 Å². The van der Waals surface area contributed by atoms with Gasteiger partial charge in [-0.15, -0.1) is 0 Å². The van der Waals surface area contributed by atoms with Gasteiger partial charge in [0.25, 0.3) is 0 Å². The van der Waals surface area contributed by atoms with Crippen LogP contribution in [0.5, 0.6) is 0 Å². The van der Waals surface area contributed by atoms with Crippen LogP contribution in [0.15, 0.2) is 37.1 Å². The third kappa shape index (κ3) is 4.73. The number of aromatic amines is 1. The molecule has 1 unspecified atom stereocenters. The lowest BCUT2D eigenvalue weighted by atomic mass is 9.88. The van der Waals surface area contributed by atoms with Gasteiger partial charge in [0.15, 0.2) is 0 Å². The molecule has 2 fully saturated rings. The molecule has 2 aromatic heterocycles. The molecule has 0 aliphatic carbocycles. The molecule has 0 aromatic carbocycles. The Balaban J connectivity index is 1.40. The van der Waals surface area contributed by atoms with Crippen LogP contribution in [0.1, 0.15) is 38.4 Å². The number of likely N-dealkylation sites (tertiary alicyclic amines) is 1. The van der Waals surface area contributed by atoms with Gasteiger partial charge < -0.3 is 19.2 Å². The van der Waals surface area contributed by atoms with E-state index in [1.807, 2.05) is 34.0 Å². The van der Waals surface area contributed by atoms with Crippen LogP contribution in [0, 0.1) is 5.92 Å². The number of imidazole rings is 1. The molecule has 29 heavy (non-hydrogen) atoms. The number of aromatic nitrogens is 3. The first-order valence-corrected chi connectivity index (χ1v) is 10.8. The van der Waals surface area contributed by atoms with E-state index in [1.165, 1.54) is 0 Å². The number of rotatable bonds is 6. The van der Waals surface area contributed by atoms with E-state index in [1.54, 1.807) is 12.5 Å². The van der Waals surface area contributed by atoms with E-state index in [4.69, 9.17) is 4.74 Å². The number of piperidine rings is 1. The van der Waals surface area contributed by atoms with E-state index in [0.717, 1.165) is 57.9 Å². The van der Waals surface area contributed by atoms with Crippen LogP contribution < -0.4 is 0 Å². The molecule has 2 aliphatic rings. The molecule has 2 saturated heterocycles. The van der Waals surface area contributed by atoms with Crippen molar-refractivity contribution in [1.29, 1.82) is 0 Å². The van der Waals surface area contributed by atoms with Crippen LogP contribution in [0.3, 0.4) is 0 Å². The van der Waals surface area contributed by atoms with E-state index >= 15 is 0 Å². The summed E-state index contributed by atoms with van der Waals surface area (Å²) in [6.07, 6.45) is 9.85. The van der Waals surface area contributed by atoms with Crippen LogP contribution >= 0.6 is 0 Å². The quantitative estimate of drug-likeness (QED) is 0.810. The molecular formula is C22H33N5O2. The number of carbonyl (C=O) groups is 1. The van der Waals surface area contributed by atoms with E-state index in [9.17, 15) is 4.79 Å². The van der Waals surface area contributed by atoms with Gasteiger partial charge in [0.05, 0.1) is 18.5 Å². The number of morpholine rings is 1. The van der Waals surface area contributed by atoms with Gasteiger partial charge in [0.1, 0.15) is 6.04 Å². The predicted molar refractivity (Wildman–Crippen MR) is 112 cm³/mol. The Morgan fingerprint density at radius 1 is 1.24 bits per heavy atom. The number of hydrogen-bond acceptors (Lipinski definition) is 4. The molecule has 7 heteroatoms. The van der Waals surface area contributed by atoms with Crippen molar-refractivity contribution in [1.82, 2.24) is 24.3 Å². The van der Waals surface area contributed by atoms with Crippen LogP contribution in [-0.4, -0.2) is 75.2 Å². The molecule has 2 aromatic rings. The highest BCUT2D eigenvalue weighted by Crippen LogP contribution is 2.31. The Morgan fingerprint density at radius 3 is 2.66 bits per heavy atom. The minimum absolute atomic E-state index is 0.0871. The topological polar surface area (TPSA) is 66.4 Å². The summed E-state index contributed by atoms with van der Waals surface area (Å²) in [6.45, 7) is 9.98. The van der Waals surface area contributed by atoms with Gasteiger partial charge in [-0.3, -0.25) is 9.69 Å². The van der Waals surface area contributed by atoms with Crippen LogP contribution in [0.25, 0.3) is 0 Å².